The zero-order chi connectivity index (χ0) is 17.1. The highest BCUT2D eigenvalue weighted by molar-refractivity contribution is 5.90. The second-order valence-electron chi connectivity index (χ2n) is 6.32. The van der Waals surface area contributed by atoms with E-state index in [9.17, 15) is 9.59 Å². The first-order valence-electron chi connectivity index (χ1n) is 8.24. The summed E-state index contributed by atoms with van der Waals surface area (Å²) in [5.74, 6) is 0.0817. The number of ether oxygens (including phenoxy) is 1. The number of hydrogen-bond acceptors (Lipinski definition) is 5. The van der Waals surface area contributed by atoms with Gasteiger partial charge in [0.15, 0.2) is 11.9 Å². The number of hydrogen-bond donors (Lipinski definition) is 1. The van der Waals surface area contributed by atoms with Crippen LogP contribution in [0.25, 0.3) is 0 Å². The van der Waals surface area contributed by atoms with Gasteiger partial charge in [-0.15, -0.1) is 0 Å². The van der Waals surface area contributed by atoms with E-state index in [0.717, 1.165) is 25.7 Å². The Morgan fingerprint density at radius 3 is 2.54 bits per heavy atom. The zero-order valence-electron chi connectivity index (χ0n) is 13.9. The fourth-order valence-corrected chi connectivity index (χ4v) is 3.36. The molecule has 1 atom stereocenters. The van der Waals surface area contributed by atoms with Crippen molar-refractivity contribution in [3.63, 3.8) is 0 Å². The van der Waals surface area contributed by atoms with Gasteiger partial charge in [0, 0.05) is 24.0 Å². The Morgan fingerprint density at radius 1 is 1.25 bits per heavy atom. The largest absolute Gasteiger partial charge is 0.450 e. The molecule has 6 nitrogen and oxygen atoms in total. The van der Waals surface area contributed by atoms with Crippen LogP contribution in [0, 0.1) is 19.8 Å². The minimum atomic E-state index is -0.613. The molecule has 0 bridgehead atoms. The van der Waals surface area contributed by atoms with Crippen molar-refractivity contribution in [3.8, 4) is 0 Å². The molecule has 3 rings (SSSR count). The molecular weight excluding hydrogens is 306 g/mol. The Hall–Kier alpha value is -2.50. The molecule has 6 heteroatoms. The van der Waals surface area contributed by atoms with E-state index in [1.165, 1.54) is 0 Å². The van der Waals surface area contributed by atoms with Gasteiger partial charge in [0.05, 0.1) is 0 Å². The fraction of sp³-hybridized carbons (Fsp3) is 0.444. The van der Waals surface area contributed by atoms with Gasteiger partial charge >= 0.3 is 5.97 Å². The summed E-state index contributed by atoms with van der Waals surface area (Å²) in [5.41, 5.74) is 0.962. The molecule has 0 saturated heterocycles. The van der Waals surface area contributed by atoms with Gasteiger partial charge in [-0.05, 0) is 44.4 Å². The van der Waals surface area contributed by atoms with Crippen LogP contribution in [-0.2, 0) is 4.74 Å². The van der Waals surface area contributed by atoms with E-state index in [-0.39, 0.29) is 11.5 Å². The predicted octanol–water partition coefficient (Wildman–Crippen LogP) is 2.87. The van der Waals surface area contributed by atoms with Crippen LogP contribution in [0.3, 0.4) is 0 Å². The number of H-pyrrole nitrogens is 1. The van der Waals surface area contributed by atoms with Crippen molar-refractivity contribution < 1.29 is 9.53 Å². The first-order chi connectivity index (χ1) is 11.6. The highest BCUT2D eigenvalue weighted by Crippen LogP contribution is 2.37. The van der Waals surface area contributed by atoms with Crippen LogP contribution in [0.1, 0.15) is 59.2 Å². The summed E-state index contributed by atoms with van der Waals surface area (Å²) < 4.78 is 5.72. The van der Waals surface area contributed by atoms with Crippen molar-refractivity contribution in [2.24, 2.45) is 5.92 Å². The summed E-state index contributed by atoms with van der Waals surface area (Å²) in [6, 6.07) is 3.49. The number of aromatic nitrogens is 3. The molecule has 1 saturated carbocycles. The average molecular weight is 327 g/mol. The Kier molecular flexibility index (Phi) is 4.74. The third-order valence-corrected chi connectivity index (χ3v) is 4.47. The molecule has 1 aliphatic carbocycles. The fourth-order valence-electron chi connectivity index (χ4n) is 3.36. The lowest BCUT2D eigenvalue weighted by atomic mass is 9.99. The van der Waals surface area contributed by atoms with Crippen LogP contribution < -0.4 is 5.56 Å². The highest BCUT2D eigenvalue weighted by atomic mass is 16.5. The number of carbonyl (C=O) groups is 1. The van der Waals surface area contributed by atoms with E-state index in [0.29, 0.717) is 17.1 Å². The topological polar surface area (TPSA) is 84.9 Å². The van der Waals surface area contributed by atoms with Gasteiger partial charge < -0.3 is 9.72 Å². The van der Waals surface area contributed by atoms with Gasteiger partial charge in [-0.25, -0.2) is 14.8 Å². The van der Waals surface area contributed by atoms with Crippen molar-refractivity contribution in [3.05, 3.63) is 57.5 Å². The molecule has 0 radical (unpaired) electrons. The maximum absolute atomic E-state index is 12.6. The van der Waals surface area contributed by atoms with E-state index in [1.54, 1.807) is 38.4 Å². The summed E-state index contributed by atoms with van der Waals surface area (Å²) in [7, 11) is 0. The minimum absolute atomic E-state index is 0.0551. The van der Waals surface area contributed by atoms with Crippen molar-refractivity contribution >= 4 is 5.97 Å². The average Bonchev–Trinajstić information content (AvgIpc) is 3.06. The van der Waals surface area contributed by atoms with Crippen molar-refractivity contribution in [1.29, 1.82) is 0 Å². The van der Waals surface area contributed by atoms with E-state index in [4.69, 9.17) is 4.74 Å². The number of pyridine rings is 1. The van der Waals surface area contributed by atoms with Gasteiger partial charge in [-0.1, -0.05) is 12.8 Å². The number of aryl methyl sites for hydroxylation is 2. The van der Waals surface area contributed by atoms with E-state index < -0.39 is 17.6 Å². The molecule has 126 valence electrons. The molecule has 2 aromatic heterocycles. The molecule has 1 fully saturated rings. The Balaban J connectivity index is 1.90. The normalized spacial score (nSPS) is 16.1. The van der Waals surface area contributed by atoms with Gasteiger partial charge in [0.25, 0.3) is 5.56 Å². The predicted molar refractivity (Wildman–Crippen MR) is 88.7 cm³/mol. The van der Waals surface area contributed by atoms with Crippen LogP contribution >= 0.6 is 0 Å². The lowest BCUT2D eigenvalue weighted by Gasteiger charge is -2.22. The number of nitrogens with one attached hydrogen (secondary N) is 1. The second kappa shape index (κ2) is 6.95. The molecule has 0 aliphatic heterocycles. The van der Waals surface area contributed by atoms with E-state index in [1.807, 2.05) is 0 Å². The molecule has 1 N–H and O–H groups in total. The number of nitrogens with zero attached hydrogens (tertiary/aromatic N) is 2. The van der Waals surface area contributed by atoms with Crippen molar-refractivity contribution in [1.82, 2.24) is 15.0 Å². The van der Waals surface area contributed by atoms with Crippen LogP contribution in [0.5, 0.6) is 0 Å². The molecule has 2 heterocycles. The molecule has 24 heavy (non-hydrogen) atoms. The van der Waals surface area contributed by atoms with Gasteiger partial charge in [0.1, 0.15) is 5.56 Å². The number of esters is 1. The van der Waals surface area contributed by atoms with Crippen LogP contribution in [0.4, 0.5) is 0 Å². The van der Waals surface area contributed by atoms with Crippen LogP contribution in [0.15, 0.2) is 29.3 Å². The molecule has 0 aromatic carbocycles. The lowest BCUT2D eigenvalue weighted by molar-refractivity contribution is 0.0106. The van der Waals surface area contributed by atoms with Crippen molar-refractivity contribution in [2.75, 3.05) is 0 Å². The first-order valence-corrected chi connectivity index (χ1v) is 8.24. The molecule has 0 amide bonds. The van der Waals surface area contributed by atoms with E-state index >= 15 is 0 Å². The van der Waals surface area contributed by atoms with Crippen LogP contribution in [0.2, 0.25) is 0 Å². The van der Waals surface area contributed by atoms with Gasteiger partial charge in [-0.2, -0.15) is 0 Å². The van der Waals surface area contributed by atoms with E-state index in [2.05, 4.69) is 15.0 Å². The number of rotatable bonds is 4. The molecular formula is C18H21N3O3. The van der Waals surface area contributed by atoms with Crippen LogP contribution in [-0.4, -0.2) is 20.9 Å². The summed E-state index contributed by atoms with van der Waals surface area (Å²) >= 11 is 0. The molecule has 0 unspecified atom stereocenters. The monoisotopic (exact) mass is 327 g/mol. The highest BCUT2D eigenvalue weighted by Gasteiger charge is 2.32. The maximum atomic E-state index is 12.6. The van der Waals surface area contributed by atoms with Gasteiger partial charge in [-0.3, -0.25) is 4.79 Å². The Morgan fingerprint density at radius 2 is 1.92 bits per heavy atom. The third-order valence-electron chi connectivity index (χ3n) is 4.47. The number of aromatic amines is 1. The first kappa shape index (κ1) is 16.4. The minimum Gasteiger partial charge on any atom is -0.450 e. The Bertz CT molecular complexity index is 780. The zero-order valence-corrected chi connectivity index (χ0v) is 13.9. The Labute approximate surface area is 140 Å². The summed E-state index contributed by atoms with van der Waals surface area (Å²) in [6.45, 7) is 3.52. The quantitative estimate of drug-likeness (QED) is 0.873. The third kappa shape index (κ3) is 3.37. The molecule has 2 aromatic rings. The SMILES string of the molecule is Cc1cc(C)c(C(=O)O[C@H](c2ncccn2)C2CCCC2)c(=O)[nH]1. The number of carbonyl (C=O) groups excluding carboxylic acids is 1. The second-order valence-corrected chi connectivity index (χ2v) is 6.32. The van der Waals surface area contributed by atoms with Gasteiger partial charge in [0.2, 0.25) is 0 Å². The summed E-state index contributed by atoms with van der Waals surface area (Å²) in [6.07, 6.45) is 6.93. The molecule has 0 spiro atoms. The lowest BCUT2D eigenvalue weighted by Crippen LogP contribution is -2.26. The summed E-state index contributed by atoms with van der Waals surface area (Å²) in [5, 5.41) is 0. The molecule has 1 aliphatic rings. The standard InChI is InChI=1S/C18H21N3O3/c1-11-10-12(2)21-17(22)14(11)18(23)24-15(13-6-3-4-7-13)16-19-8-5-9-20-16/h5,8-10,13,15H,3-4,6-7H2,1-2H3,(H,21,22)/t15-/m0/s1. The maximum Gasteiger partial charge on any atom is 0.344 e. The smallest absolute Gasteiger partial charge is 0.344 e. The van der Waals surface area contributed by atoms with Crippen molar-refractivity contribution in [2.45, 2.75) is 45.6 Å². The summed E-state index contributed by atoms with van der Waals surface area (Å²) in [4.78, 5) is 36.0.